The van der Waals surface area contributed by atoms with E-state index in [2.05, 4.69) is 20.5 Å². The molecular formula is C19H29N5O2. The third kappa shape index (κ3) is 5.75. The Labute approximate surface area is 155 Å². The molecule has 1 atom stereocenters. The highest BCUT2D eigenvalue weighted by atomic mass is 16.2. The van der Waals surface area contributed by atoms with Gasteiger partial charge in [-0.05, 0) is 43.4 Å². The van der Waals surface area contributed by atoms with Crippen LogP contribution < -0.4 is 16.4 Å². The molecule has 0 aliphatic carbocycles. The van der Waals surface area contributed by atoms with Gasteiger partial charge in [-0.2, -0.15) is 0 Å². The van der Waals surface area contributed by atoms with Crippen molar-refractivity contribution in [2.24, 2.45) is 16.6 Å². The third-order valence-corrected chi connectivity index (χ3v) is 4.52. The van der Waals surface area contributed by atoms with Gasteiger partial charge < -0.3 is 21.3 Å². The van der Waals surface area contributed by atoms with Gasteiger partial charge in [-0.25, -0.2) is 0 Å². The molecule has 2 rings (SSSR count). The summed E-state index contributed by atoms with van der Waals surface area (Å²) in [6.45, 7) is 4.85. The smallest absolute Gasteiger partial charge is 0.251 e. The molecule has 1 heterocycles. The summed E-state index contributed by atoms with van der Waals surface area (Å²) in [6, 6.07) is 7.54. The fourth-order valence-electron chi connectivity index (χ4n) is 3.26. The summed E-state index contributed by atoms with van der Waals surface area (Å²) in [6.07, 6.45) is 2.48. The lowest BCUT2D eigenvalue weighted by atomic mass is 9.95. The lowest BCUT2D eigenvalue weighted by molar-refractivity contribution is -0.119. The Morgan fingerprint density at radius 2 is 2.00 bits per heavy atom. The van der Waals surface area contributed by atoms with Gasteiger partial charge in [0.1, 0.15) is 0 Å². The summed E-state index contributed by atoms with van der Waals surface area (Å²) in [5, 5.41) is 6.15. The average molecular weight is 359 g/mol. The van der Waals surface area contributed by atoms with Gasteiger partial charge in [-0.15, -0.1) is 0 Å². The Morgan fingerprint density at radius 1 is 1.27 bits per heavy atom. The third-order valence-electron chi connectivity index (χ3n) is 4.52. The van der Waals surface area contributed by atoms with Crippen LogP contribution in [-0.4, -0.2) is 49.4 Å². The minimum atomic E-state index is -0.244. The Kier molecular flexibility index (Phi) is 7.44. The van der Waals surface area contributed by atoms with E-state index in [1.165, 1.54) is 0 Å². The molecule has 26 heavy (non-hydrogen) atoms. The molecule has 1 aromatic rings. The summed E-state index contributed by atoms with van der Waals surface area (Å²) < 4.78 is 0. The molecule has 0 spiro atoms. The van der Waals surface area contributed by atoms with Crippen LogP contribution in [-0.2, 0) is 11.3 Å². The number of rotatable bonds is 6. The van der Waals surface area contributed by atoms with Crippen LogP contribution in [0.5, 0.6) is 0 Å². The van der Waals surface area contributed by atoms with Crippen molar-refractivity contribution in [1.29, 1.82) is 0 Å². The van der Waals surface area contributed by atoms with Crippen LogP contribution in [0.15, 0.2) is 29.3 Å². The van der Waals surface area contributed by atoms with Crippen LogP contribution in [0.3, 0.4) is 0 Å². The Bertz CT molecular complexity index is 642. The number of piperidine rings is 1. The number of carbonyl (C=O) groups is 2. The summed E-state index contributed by atoms with van der Waals surface area (Å²) in [7, 11) is 1.76. The van der Waals surface area contributed by atoms with Gasteiger partial charge in [0.15, 0.2) is 5.96 Å². The number of hydrogen-bond acceptors (Lipinski definition) is 3. The second kappa shape index (κ2) is 9.79. The van der Waals surface area contributed by atoms with Gasteiger partial charge in [0, 0.05) is 45.2 Å². The monoisotopic (exact) mass is 359 g/mol. The number of likely N-dealkylation sites (tertiary alicyclic amines) is 1. The molecule has 1 aromatic carbocycles. The fourth-order valence-corrected chi connectivity index (χ4v) is 3.26. The van der Waals surface area contributed by atoms with Crippen LogP contribution >= 0.6 is 0 Å². The molecule has 7 heteroatoms. The molecule has 142 valence electrons. The molecule has 0 saturated carbocycles. The second-order valence-electron chi connectivity index (χ2n) is 6.58. The first-order chi connectivity index (χ1) is 12.5. The number of nitrogens with zero attached hydrogens (tertiary/aromatic N) is 2. The predicted molar refractivity (Wildman–Crippen MR) is 103 cm³/mol. The maximum Gasteiger partial charge on any atom is 0.251 e. The summed E-state index contributed by atoms with van der Waals surface area (Å²) in [5.41, 5.74) is 7.06. The first-order valence-electron chi connectivity index (χ1n) is 9.14. The van der Waals surface area contributed by atoms with E-state index in [1.807, 2.05) is 31.2 Å². The normalized spacial score (nSPS) is 17.7. The topological polar surface area (TPSA) is 99.8 Å². The maximum atomic E-state index is 11.8. The fraction of sp³-hybridized carbons (Fsp3) is 0.526. The maximum absolute atomic E-state index is 11.8. The van der Waals surface area contributed by atoms with Gasteiger partial charge in [0.05, 0.1) is 0 Å². The van der Waals surface area contributed by atoms with E-state index in [0.717, 1.165) is 37.5 Å². The molecule has 2 amide bonds. The van der Waals surface area contributed by atoms with E-state index in [4.69, 9.17) is 5.73 Å². The molecule has 0 aromatic heterocycles. The van der Waals surface area contributed by atoms with E-state index in [0.29, 0.717) is 25.1 Å². The van der Waals surface area contributed by atoms with Crippen molar-refractivity contribution >= 4 is 17.8 Å². The number of hydrogen-bond donors (Lipinski definition) is 3. The molecule has 4 N–H and O–H groups in total. The molecular weight excluding hydrogens is 330 g/mol. The van der Waals surface area contributed by atoms with Gasteiger partial charge in [0.25, 0.3) is 5.91 Å². The van der Waals surface area contributed by atoms with Gasteiger partial charge >= 0.3 is 0 Å². The minimum absolute atomic E-state index is 0.0587. The van der Waals surface area contributed by atoms with E-state index in [-0.39, 0.29) is 17.7 Å². The number of primary amides is 1. The number of amides is 2. The standard InChI is InChI=1S/C19H29N5O2/c1-3-22-18(26)16-8-6-14(7-9-16)12-23-19(21-2)24-10-4-5-15(13-24)11-17(20)25/h6-9,15H,3-5,10-13H2,1-2H3,(H2,20,25)(H,21,23)(H,22,26). The number of carbonyl (C=O) groups excluding carboxylic acids is 2. The van der Waals surface area contributed by atoms with Gasteiger partial charge in [0.2, 0.25) is 5.91 Å². The average Bonchev–Trinajstić information content (AvgIpc) is 2.63. The second-order valence-corrected chi connectivity index (χ2v) is 6.58. The van der Waals surface area contributed by atoms with Crippen molar-refractivity contribution in [3.05, 3.63) is 35.4 Å². The SMILES string of the molecule is CCNC(=O)c1ccc(CNC(=NC)N2CCCC(CC(N)=O)C2)cc1. The number of nitrogens with one attached hydrogen (secondary N) is 2. The van der Waals surface area contributed by atoms with Crippen LogP contribution in [0.2, 0.25) is 0 Å². The van der Waals surface area contributed by atoms with Crippen LogP contribution in [0.1, 0.15) is 42.1 Å². The van der Waals surface area contributed by atoms with Crippen LogP contribution in [0.4, 0.5) is 0 Å². The molecule has 1 aliphatic heterocycles. The lowest BCUT2D eigenvalue weighted by Gasteiger charge is -2.34. The minimum Gasteiger partial charge on any atom is -0.370 e. The van der Waals surface area contributed by atoms with E-state index in [9.17, 15) is 9.59 Å². The zero-order valence-corrected chi connectivity index (χ0v) is 15.6. The Balaban J connectivity index is 1.90. The number of benzene rings is 1. The van der Waals surface area contributed by atoms with Crippen molar-refractivity contribution in [3.63, 3.8) is 0 Å². The van der Waals surface area contributed by atoms with Crippen molar-refractivity contribution in [2.75, 3.05) is 26.7 Å². The highest BCUT2D eigenvalue weighted by Crippen LogP contribution is 2.19. The van der Waals surface area contributed by atoms with Crippen LogP contribution in [0, 0.1) is 5.92 Å². The van der Waals surface area contributed by atoms with E-state index >= 15 is 0 Å². The van der Waals surface area contributed by atoms with E-state index < -0.39 is 0 Å². The first kappa shape index (κ1) is 19.8. The summed E-state index contributed by atoms with van der Waals surface area (Å²) in [5.74, 6) is 0.812. The van der Waals surface area contributed by atoms with E-state index in [1.54, 1.807) is 7.05 Å². The highest BCUT2D eigenvalue weighted by molar-refractivity contribution is 5.94. The van der Waals surface area contributed by atoms with Crippen molar-refractivity contribution in [1.82, 2.24) is 15.5 Å². The lowest BCUT2D eigenvalue weighted by Crippen LogP contribution is -2.46. The molecule has 1 fully saturated rings. The molecule has 1 saturated heterocycles. The zero-order valence-electron chi connectivity index (χ0n) is 15.6. The molecule has 0 radical (unpaired) electrons. The zero-order chi connectivity index (χ0) is 18.9. The summed E-state index contributed by atoms with van der Waals surface area (Å²) in [4.78, 5) is 29.5. The molecule has 1 aliphatic rings. The van der Waals surface area contributed by atoms with Crippen LogP contribution in [0.25, 0.3) is 0 Å². The highest BCUT2D eigenvalue weighted by Gasteiger charge is 2.23. The van der Waals surface area contributed by atoms with Crippen molar-refractivity contribution in [3.8, 4) is 0 Å². The first-order valence-corrected chi connectivity index (χ1v) is 9.14. The van der Waals surface area contributed by atoms with Gasteiger partial charge in [-0.3, -0.25) is 14.6 Å². The molecule has 7 nitrogen and oxygen atoms in total. The van der Waals surface area contributed by atoms with Crippen molar-refractivity contribution in [2.45, 2.75) is 32.7 Å². The Morgan fingerprint density at radius 3 is 2.62 bits per heavy atom. The summed E-state index contributed by atoms with van der Waals surface area (Å²) >= 11 is 0. The van der Waals surface area contributed by atoms with Crippen molar-refractivity contribution < 1.29 is 9.59 Å². The number of guanidine groups is 1. The Hall–Kier alpha value is -2.57. The quantitative estimate of drug-likeness (QED) is 0.523. The largest absolute Gasteiger partial charge is 0.370 e. The van der Waals surface area contributed by atoms with Gasteiger partial charge in [-0.1, -0.05) is 12.1 Å². The number of nitrogens with two attached hydrogens (primary N) is 1. The number of aliphatic imine (C=N–C) groups is 1. The molecule has 0 bridgehead atoms. The predicted octanol–water partition coefficient (Wildman–Crippen LogP) is 1.10. The molecule has 1 unspecified atom stereocenters.